The Kier molecular flexibility index (Phi) is 6.45. The minimum atomic E-state index is -0.809. The zero-order chi connectivity index (χ0) is 15.8. The first-order chi connectivity index (χ1) is 9.93. The van der Waals surface area contributed by atoms with E-state index < -0.39 is 10.9 Å². The number of benzene rings is 1. The Morgan fingerprint density at radius 2 is 2.24 bits per heavy atom. The number of nitro benzene ring substituents is 1. The first-order valence-corrected chi connectivity index (χ1v) is 6.83. The fraction of sp³-hybridized carbons (Fsp3) is 0.500. The van der Waals surface area contributed by atoms with Crippen molar-refractivity contribution in [2.24, 2.45) is 0 Å². The van der Waals surface area contributed by atoms with E-state index in [2.05, 4.69) is 5.32 Å². The van der Waals surface area contributed by atoms with Gasteiger partial charge in [-0.2, -0.15) is 0 Å². The molecular formula is C14H20N2O5. The number of hydrogen-bond acceptors (Lipinski definition) is 5. The van der Waals surface area contributed by atoms with Crippen LogP contribution in [-0.2, 0) is 4.79 Å². The Morgan fingerprint density at radius 3 is 2.81 bits per heavy atom. The molecule has 1 unspecified atom stereocenters. The molecule has 0 radical (unpaired) electrons. The lowest BCUT2D eigenvalue weighted by molar-refractivity contribution is -0.385. The van der Waals surface area contributed by atoms with Gasteiger partial charge in [0.15, 0.2) is 5.75 Å². The monoisotopic (exact) mass is 296 g/mol. The van der Waals surface area contributed by atoms with Crippen molar-refractivity contribution in [1.29, 1.82) is 0 Å². The highest BCUT2D eigenvalue weighted by Crippen LogP contribution is 2.30. The standard InChI is InChI=1S/C14H20N2O5/c1-3-21-13-9-11(7-8-12(13)16(19)20)15-10(2)5-4-6-14(17)18/h7-10,15H,3-6H2,1-2H3,(H,17,18). The molecule has 2 N–H and O–H groups in total. The highest BCUT2D eigenvalue weighted by Gasteiger charge is 2.16. The lowest BCUT2D eigenvalue weighted by atomic mass is 10.1. The normalized spacial score (nSPS) is 11.7. The SMILES string of the molecule is CCOc1cc(NC(C)CCCC(=O)O)ccc1[N+](=O)[O-]. The number of hydrogen-bond donors (Lipinski definition) is 2. The molecule has 0 heterocycles. The molecule has 1 aromatic carbocycles. The molecule has 7 heteroatoms. The van der Waals surface area contributed by atoms with Gasteiger partial charge in [0.25, 0.3) is 0 Å². The lowest BCUT2D eigenvalue weighted by Gasteiger charge is -2.15. The summed E-state index contributed by atoms with van der Waals surface area (Å²) in [5.74, 6) is -0.582. The van der Waals surface area contributed by atoms with Crippen LogP contribution in [0, 0.1) is 10.1 Å². The van der Waals surface area contributed by atoms with Crippen LogP contribution in [0.15, 0.2) is 18.2 Å². The number of nitrogens with zero attached hydrogens (tertiary/aromatic N) is 1. The average molecular weight is 296 g/mol. The van der Waals surface area contributed by atoms with Gasteiger partial charge in [-0.05, 0) is 32.8 Å². The molecule has 0 aliphatic rings. The van der Waals surface area contributed by atoms with Crippen molar-refractivity contribution in [2.45, 2.75) is 39.2 Å². The van der Waals surface area contributed by atoms with Crippen molar-refractivity contribution in [1.82, 2.24) is 0 Å². The van der Waals surface area contributed by atoms with E-state index in [1.807, 2.05) is 6.92 Å². The summed E-state index contributed by atoms with van der Waals surface area (Å²) in [4.78, 5) is 20.9. The summed E-state index contributed by atoms with van der Waals surface area (Å²) in [6.45, 7) is 4.04. The van der Waals surface area contributed by atoms with Crippen LogP contribution in [0.5, 0.6) is 5.75 Å². The van der Waals surface area contributed by atoms with Gasteiger partial charge < -0.3 is 15.2 Å². The summed E-state index contributed by atoms with van der Waals surface area (Å²) >= 11 is 0. The van der Waals surface area contributed by atoms with Gasteiger partial charge in [-0.15, -0.1) is 0 Å². The van der Waals surface area contributed by atoms with E-state index in [1.54, 1.807) is 19.1 Å². The maximum absolute atomic E-state index is 10.9. The highest BCUT2D eigenvalue weighted by atomic mass is 16.6. The maximum atomic E-state index is 10.9. The van der Waals surface area contributed by atoms with Crippen molar-refractivity contribution in [3.05, 3.63) is 28.3 Å². The van der Waals surface area contributed by atoms with E-state index in [4.69, 9.17) is 9.84 Å². The number of carboxylic acids is 1. The molecule has 0 aromatic heterocycles. The summed E-state index contributed by atoms with van der Waals surface area (Å²) in [6, 6.07) is 4.68. The quantitative estimate of drug-likeness (QED) is 0.536. The van der Waals surface area contributed by atoms with Crippen molar-refractivity contribution < 1.29 is 19.6 Å². The molecule has 1 atom stereocenters. The van der Waals surface area contributed by atoms with E-state index in [9.17, 15) is 14.9 Å². The largest absolute Gasteiger partial charge is 0.487 e. The minimum Gasteiger partial charge on any atom is -0.487 e. The molecule has 0 fully saturated rings. The van der Waals surface area contributed by atoms with E-state index in [1.165, 1.54) is 6.07 Å². The molecule has 0 amide bonds. The molecule has 0 spiro atoms. The van der Waals surface area contributed by atoms with Crippen LogP contribution in [0.4, 0.5) is 11.4 Å². The third-order valence-electron chi connectivity index (χ3n) is 2.90. The Hall–Kier alpha value is -2.31. The molecule has 116 valence electrons. The van der Waals surface area contributed by atoms with Gasteiger partial charge in [-0.25, -0.2) is 0 Å². The van der Waals surface area contributed by atoms with Gasteiger partial charge in [0.05, 0.1) is 11.5 Å². The highest BCUT2D eigenvalue weighted by molar-refractivity contribution is 5.66. The molecule has 0 saturated heterocycles. The van der Waals surface area contributed by atoms with E-state index in [-0.39, 0.29) is 23.9 Å². The number of ether oxygens (including phenoxy) is 1. The van der Waals surface area contributed by atoms with Crippen LogP contribution in [0.25, 0.3) is 0 Å². The fourth-order valence-electron chi connectivity index (χ4n) is 1.94. The van der Waals surface area contributed by atoms with Crippen LogP contribution >= 0.6 is 0 Å². The van der Waals surface area contributed by atoms with E-state index >= 15 is 0 Å². The van der Waals surface area contributed by atoms with Crippen LogP contribution in [0.3, 0.4) is 0 Å². The van der Waals surface area contributed by atoms with Gasteiger partial charge in [-0.3, -0.25) is 14.9 Å². The van der Waals surface area contributed by atoms with Gasteiger partial charge >= 0.3 is 11.7 Å². The molecule has 7 nitrogen and oxygen atoms in total. The molecular weight excluding hydrogens is 276 g/mol. The first kappa shape index (κ1) is 16.7. The van der Waals surface area contributed by atoms with Crippen LogP contribution in [-0.4, -0.2) is 28.6 Å². The Bertz CT molecular complexity index is 504. The summed E-state index contributed by atoms with van der Waals surface area (Å²) in [5, 5.41) is 22.7. The summed E-state index contributed by atoms with van der Waals surface area (Å²) in [7, 11) is 0. The number of aliphatic carboxylic acids is 1. The fourth-order valence-corrected chi connectivity index (χ4v) is 1.94. The van der Waals surface area contributed by atoms with Crippen molar-refractivity contribution in [3.8, 4) is 5.75 Å². The molecule has 0 aliphatic heterocycles. The lowest BCUT2D eigenvalue weighted by Crippen LogP contribution is -2.15. The van der Waals surface area contributed by atoms with Crippen molar-refractivity contribution in [3.63, 3.8) is 0 Å². The zero-order valence-corrected chi connectivity index (χ0v) is 12.2. The van der Waals surface area contributed by atoms with Gasteiger partial charge in [0.2, 0.25) is 0 Å². The minimum absolute atomic E-state index is 0.0686. The second-order valence-electron chi connectivity index (χ2n) is 4.70. The molecule has 1 aromatic rings. The second kappa shape index (κ2) is 8.08. The summed E-state index contributed by atoms with van der Waals surface area (Å²) in [6.07, 6.45) is 1.42. The van der Waals surface area contributed by atoms with E-state index in [0.29, 0.717) is 25.1 Å². The summed E-state index contributed by atoms with van der Waals surface area (Å²) in [5.41, 5.74) is 0.646. The molecule has 0 bridgehead atoms. The molecule has 1 rings (SSSR count). The van der Waals surface area contributed by atoms with Gasteiger partial charge in [0.1, 0.15) is 0 Å². The third-order valence-corrected chi connectivity index (χ3v) is 2.90. The number of rotatable bonds is 9. The maximum Gasteiger partial charge on any atom is 0.311 e. The Labute approximate surface area is 123 Å². The molecule has 0 aliphatic carbocycles. The third kappa shape index (κ3) is 5.68. The number of carbonyl (C=O) groups is 1. The molecule has 0 saturated carbocycles. The Morgan fingerprint density at radius 1 is 1.52 bits per heavy atom. The zero-order valence-electron chi connectivity index (χ0n) is 12.2. The van der Waals surface area contributed by atoms with Gasteiger partial charge in [0, 0.05) is 30.3 Å². The molecule has 21 heavy (non-hydrogen) atoms. The Balaban J connectivity index is 2.68. The predicted octanol–water partition coefficient (Wildman–Crippen LogP) is 3.05. The van der Waals surface area contributed by atoms with Crippen molar-refractivity contribution in [2.75, 3.05) is 11.9 Å². The van der Waals surface area contributed by atoms with Gasteiger partial charge in [-0.1, -0.05) is 0 Å². The first-order valence-electron chi connectivity index (χ1n) is 6.83. The smallest absolute Gasteiger partial charge is 0.311 e. The number of nitro groups is 1. The van der Waals surface area contributed by atoms with Crippen LogP contribution < -0.4 is 10.1 Å². The second-order valence-corrected chi connectivity index (χ2v) is 4.70. The number of carboxylic acid groups (broad SMARTS) is 1. The summed E-state index contributed by atoms with van der Waals surface area (Å²) < 4.78 is 5.27. The number of anilines is 1. The van der Waals surface area contributed by atoms with Crippen LogP contribution in [0.2, 0.25) is 0 Å². The topological polar surface area (TPSA) is 102 Å². The van der Waals surface area contributed by atoms with Crippen molar-refractivity contribution >= 4 is 17.3 Å². The predicted molar refractivity (Wildman–Crippen MR) is 78.8 cm³/mol. The van der Waals surface area contributed by atoms with Crippen LogP contribution in [0.1, 0.15) is 33.1 Å². The number of nitrogens with one attached hydrogen (secondary N) is 1. The average Bonchev–Trinajstić information content (AvgIpc) is 2.38. The van der Waals surface area contributed by atoms with E-state index in [0.717, 1.165) is 0 Å².